The summed E-state index contributed by atoms with van der Waals surface area (Å²) in [6.07, 6.45) is 5.83. The molecule has 3 aromatic rings. The minimum Gasteiger partial charge on any atom is -0.507 e. The molecular formula is C22H18N2O2. The molecule has 1 aromatic carbocycles. The van der Waals surface area contributed by atoms with Gasteiger partial charge in [-0.2, -0.15) is 0 Å². The van der Waals surface area contributed by atoms with E-state index in [9.17, 15) is 10.2 Å². The van der Waals surface area contributed by atoms with E-state index in [4.69, 9.17) is 0 Å². The molecule has 1 aliphatic rings. The van der Waals surface area contributed by atoms with Gasteiger partial charge in [0.15, 0.2) is 0 Å². The van der Waals surface area contributed by atoms with E-state index in [1.807, 2.05) is 66.8 Å². The number of hydrogen-bond acceptors (Lipinski definition) is 4. The number of phenolic OH excluding ortho intramolecular Hbond substituents is 1. The van der Waals surface area contributed by atoms with Gasteiger partial charge in [-0.25, -0.2) is 9.97 Å². The fourth-order valence-electron chi connectivity index (χ4n) is 3.03. The lowest BCUT2D eigenvalue weighted by Gasteiger charge is -2.16. The van der Waals surface area contributed by atoms with Gasteiger partial charge in [-0.1, -0.05) is 42.5 Å². The number of aliphatic hydroxyl groups is 1. The first kappa shape index (κ1) is 16.2. The molecule has 0 bridgehead atoms. The molecule has 4 nitrogen and oxygen atoms in total. The molecule has 4 rings (SSSR count). The number of phenols is 1. The van der Waals surface area contributed by atoms with Crippen LogP contribution in [0.1, 0.15) is 12.1 Å². The Kier molecular flexibility index (Phi) is 4.33. The number of pyridine rings is 2. The fraction of sp³-hybridized carbons (Fsp3) is 0.0909. The van der Waals surface area contributed by atoms with Crippen molar-refractivity contribution in [3.8, 4) is 28.4 Å². The number of nitrogens with zero attached hydrogens (tertiary/aromatic N) is 2. The summed E-state index contributed by atoms with van der Waals surface area (Å²) in [5.41, 5.74) is 4.37. The summed E-state index contributed by atoms with van der Waals surface area (Å²) in [4.78, 5) is 9.35. The van der Waals surface area contributed by atoms with Gasteiger partial charge >= 0.3 is 0 Å². The van der Waals surface area contributed by atoms with Crippen molar-refractivity contribution in [3.63, 3.8) is 0 Å². The van der Waals surface area contributed by atoms with Crippen LogP contribution in [0.25, 0.3) is 28.2 Å². The van der Waals surface area contributed by atoms with E-state index in [0.29, 0.717) is 23.4 Å². The molecule has 128 valence electrons. The molecule has 26 heavy (non-hydrogen) atoms. The Balaban J connectivity index is 1.74. The third kappa shape index (κ3) is 3.15. The lowest BCUT2D eigenvalue weighted by atomic mass is 9.98. The summed E-state index contributed by atoms with van der Waals surface area (Å²) in [7, 11) is 0. The minimum atomic E-state index is -0.539. The topological polar surface area (TPSA) is 66.2 Å². The highest BCUT2D eigenvalue weighted by atomic mass is 16.3. The quantitative estimate of drug-likeness (QED) is 0.748. The first-order valence-corrected chi connectivity index (χ1v) is 8.50. The highest BCUT2D eigenvalue weighted by Gasteiger charge is 2.16. The summed E-state index contributed by atoms with van der Waals surface area (Å²) in [6, 6.07) is 18.5. The predicted molar refractivity (Wildman–Crippen MR) is 102 cm³/mol. The zero-order valence-corrected chi connectivity index (χ0v) is 14.1. The zero-order chi connectivity index (χ0) is 17.9. The largest absolute Gasteiger partial charge is 0.507 e. The van der Waals surface area contributed by atoms with Crippen LogP contribution >= 0.6 is 0 Å². The highest BCUT2D eigenvalue weighted by molar-refractivity contribution is 5.72. The second-order valence-corrected chi connectivity index (χ2v) is 6.13. The smallest absolute Gasteiger partial charge is 0.124 e. The van der Waals surface area contributed by atoms with Gasteiger partial charge in [0.2, 0.25) is 0 Å². The van der Waals surface area contributed by atoms with Gasteiger partial charge in [0.1, 0.15) is 5.75 Å². The molecule has 0 aliphatic heterocycles. The molecule has 0 fully saturated rings. The van der Waals surface area contributed by atoms with Gasteiger partial charge in [0.25, 0.3) is 0 Å². The Morgan fingerprint density at radius 3 is 2.15 bits per heavy atom. The Labute approximate surface area is 151 Å². The lowest BCUT2D eigenvalue weighted by Crippen LogP contribution is -2.11. The summed E-state index contributed by atoms with van der Waals surface area (Å²) in [5.74, 6) is 0.195. The van der Waals surface area contributed by atoms with Crippen molar-refractivity contribution < 1.29 is 10.2 Å². The summed E-state index contributed by atoms with van der Waals surface area (Å²) in [5, 5.41) is 20.3. The molecule has 0 spiro atoms. The van der Waals surface area contributed by atoms with Crippen LogP contribution in [0.4, 0.5) is 0 Å². The molecule has 0 saturated carbocycles. The number of para-hydroxylation sites is 1. The number of benzene rings is 1. The average Bonchev–Trinajstić information content (AvgIpc) is 2.69. The maximum absolute atomic E-state index is 10.2. The van der Waals surface area contributed by atoms with Crippen LogP contribution in [0.3, 0.4) is 0 Å². The molecule has 1 atom stereocenters. The number of aliphatic hydroxyl groups excluding tert-OH is 1. The van der Waals surface area contributed by atoms with E-state index >= 15 is 0 Å². The maximum atomic E-state index is 10.2. The summed E-state index contributed by atoms with van der Waals surface area (Å²) in [6.45, 7) is 0. The average molecular weight is 342 g/mol. The van der Waals surface area contributed by atoms with Crippen LogP contribution in [-0.4, -0.2) is 26.3 Å². The van der Waals surface area contributed by atoms with Crippen molar-refractivity contribution in [2.45, 2.75) is 12.5 Å². The lowest BCUT2D eigenvalue weighted by molar-refractivity contribution is 0.235. The zero-order valence-electron chi connectivity index (χ0n) is 14.1. The van der Waals surface area contributed by atoms with Crippen molar-refractivity contribution in [3.05, 3.63) is 84.6 Å². The third-order valence-electron chi connectivity index (χ3n) is 4.37. The summed E-state index contributed by atoms with van der Waals surface area (Å²) >= 11 is 0. The Hall–Kier alpha value is -3.24. The van der Waals surface area contributed by atoms with E-state index in [2.05, 4.69) is 9.97 Å². The molecular weight excluding hydrogens is 324 g/mol. The molecule has 1 unspecified atom stereocenters. The van der Waals surface area contributed by atoms with Gasteiger partial charge in [0, 0.05) is 11.1 Å². The van der Waals surface area contributed by atoms with E-state index in [1.165, 1.54) is 0 Å². The van der Waals surface area contributed by atoms with Gasteiger partial charge in [0.05, 0.1) is 28.9 Å². The van der Waals surface area contributed by atoms with E-state index < -0.39 is 6.10 Å². The maximum Gasteiger partial charge on any atom is 0.124 e. The predicted octanol–water partition coefficient (Wildman–Crippen LogP) is 4.22. The number of aromatic nitrogens is 2. The van der Waals surface area contributed by atoms with Crippen LogP contribution in [0.5, 0.6) is 5.75 Å². The van der Waals surface area contributed by atoms with Crippen LogP contribution in [0.2, 0.25) is 0 Å². The Bertz CT molecular complexity index is 1010. The minimum absolute atomic E-state index is 0.195. The normalized spacial score (nSPS) is 16.3. The molecule has 2 heterocycles. The highest BCUT2D eigenvalue weighted by Crippen LogP contribution is 2.29. The van der Waals surface area contributed by atoms with Gasteiger partial charge < -0.3 is 10.2 Å². The first-order chi connectivity index (χ1) is 12.7. The summed E-state index contributed by atoms with van der Waals surface area (Å²) < 4.78 is 0. The molecule has 2 aromatic heterocycles. The van der Waals surface area contributed by atoms with Crippen LogP contribution in [0.15, 0.2) is 78.9 Å². The van der Waals surface area contributed by atoms with Gasteiger partial charge in [-0.3, -0.25) is 0 Å². The number of aromatic hydroxyl groups is 1. The van der Waals surface area contributed by atoms with Crippen molar-refractivity contribution in [1.29, 1.82) is 0 Å². The van der Waals surface area contributed by atoms with Crippen molar-refractivity contribution in [2.75, 3.05) is 0 Å². The molecule has 1 aliphatic carbocycles. The van der Waals surface area contributed by atoms with E-state index in [0.717, 1.165) is 17.0 Å². The Morgan fingerprint density at radius 1 is 0.769 bits per heavy atom. The fourth-order valence-corrected chi connectivity index (χ4v) is 3.03. The standard InChI is InChI=1S/C22H18N2O2/c25-21-13-3-1-7-15(21)17-9-5-11-19(23-17)20-12-6-10-18(24-20)16-8-2-4-14-22(16)26/h1-13,22,25-26H,14H2. The van der Waals surface area contributed by atoms with Crippen LogP contribution < -0.4 is 0 Å². The second-order valence-electron chi connectivity index (χ2n) is 6.13. The molecule has 2 N–H and O–H groups in total. The molecule has 0 saturated heterocycles. The molecule has 0 amide bonds. The van der Waals surface area contributed by atoms with Gasteiger partial charge in [-0.05, 0) is 42.8 Å². The van der Waals surface area contributed by atoms with Crippen LogP contribution in [0, 0.1) is 0 Å². The van der Waals surface area contributed by atoms with Crippen molar-refractivity contribution >= 4 is 5.57 Å². The Morgan fingerprint density at radius 2 is 1.42 bits per heavy atom. The SMILES string of the molecule is Oc1ccccc1-c1cccc(-c2cccc(C3=CC=CCC3O)n2)n1. The second kappa shape index (κ2) is 6.94. The van der Waals surface area contributed by atoms with E-state index in [1.54, 1.807) is 12.1 Å². The van der Waals surface area contributed by atoms with E-state index in [-0.39, 0.29) is 5.75 Å². The molecule has 0 radical (unpaired) electrons. The number of hydrogen-bond donors (Lipinski definition) is 2. The number of rotatable bonds is 3. The monoisotopic (exact) mass is 342 g/mol. The first-order valence-electron chi connectivity index (χ1n) is 8.50. The van der Waals surface area contributed by atoms with Crippen molar-refractivity contribution in [1.82, 2.24) is 9.97 Å². The van der Waals surface area contributed by atoms with Crippen LogP contribution in [-0.2, 0) is 0 Å². The molecule has 4 heteroatoms. The third-order valence-corrected chi connectivity index (χ3v) is 4.37. The van der Waals surface area contributed by atoms with Crippen molar-refractivity contribution in [2.24, 2.45) is 0 Å². The number of allylic oxidation sites excluding steroid dienone is 2. The van der Waals surface area contributed by atoms with Gasteiger partial charge in [-0.15, -0.1) is 0 Å².